The SMILES string of the molecule is CC.CC1OCC(COC(=O)c2cn(C3CC3)c3cc(N4CCN(C(=O)OCc5ccccc5)CC4)c(F)cc3c2=O)O1. The number of ether oxygens (including phenoxy) is 4. The van der Waals surface area contributed by atoms with E-state index in [-0.39, 0.29) is 36.5 Å². The summed E-state index contributed by atoms with van der Waals surface area (Å²) in [6.07, 6.45) is 2.14. The normalized spacial score (nSPS) is 20.0. The topological polar surface area (TPSA) is 99.5 Å². The maximum atomic E-state index is 15.5. The number of aromatic nitrogens is 1. The van der Waals surface area contributed by atoms with E-state index in [1.54, 1.807) is 17.9 Å². The molecule has 10 nitrogen and oxygen atoms in total. The van der Waals surface area contributed by atoms with Gasteiger partial charge in [0.15, 0.2) is 6.29 Å². The van der Waals surface area contributed by atoms with Crippen LogP contribution in [0, 0.1) is 5.82 Å². The number of anilines is 1. The van der Waals surface area contributed by atoms with Gasteiger partial charge in [-0.1, -0.05) is 44.2 Å². The van der Waals surface area contributed by atoms with E-state index in [1.807, 2.05) is 53.6 Å². The van der Waals surface area contributed by atoms with E-state index in [4.69, 9.17) is 18.9 Å². The molecule has 2 unspecified atom stereocenters. The van der Waals surface area contributed by atoms with E-state index < -0.39 is 29.4 Å². The minimum atomic E-state index is -0.769. The summed E-state index contributed by atoms with van der Waals surface area (Å²) >= 11 is 0. The van der Waals surface area contributed by atoms with Gasteiger partial charge in [-0.25, -0.2) is 14.0 Å². The minimum Gasteiger partial charge on any atom is -0.459 e. The molecule has 1 aromatic heterocycles. The zero-order valence-electron chi connectivity index (χ0n) is 24.8. The number of halogens is 1. The van der Waals surface area contributed by atoms with Crippen LogP contribution in [-0.2, 0) is 25.6 Å². The fraction of sp³-hybridized carbons (Fsp3) is 0.469. The number of esters is 1. The van der Waals surface area contributed by atoms with Crippen molar-refractivity contribution < 1.29 is 32.9 Å². The highest BCUT2D eigenvalue weighted by Crippen LogP contribution is 2.38. The van der Waals surface area contributed by atoms with Gasteiger partial charge in [0, 0.05) is 43.8 Å². The Balaban J connectivity index is 0.00000180. The third-order valence-electron chi connectivity index (χ3n) is 7.65. The van der Waals surface area contributed by atoms with Crippen molar-refractivity contribution in [3.8, 4) is 0 Å². The molecule has 11 heteroatoms. The molecule has 230 valence electrons. The van der Waals surface area contributed by atoms with Crippen molar-refractivity contribution in [2.45, 2.75) is 58.7 Å². The number of piperazine rings is 1. The van der Waals surface area contributed by atoms with Gasteiger partial charge >= 0.3 is 12.1 Å². The van der Waals surface area contributed by atoms with E-state index in [9.17, 15) is 14.4 Å². The van der Waals surface area contributed by atoms with Gasteiger partial charge in [-0.3, -0.25) is 4.79 Å². The third kappa shape index (κ3) is 7.00. The number of hydrogen-bond donors (Lipinski definition) is 0. The van der Waals surface area contributed by atoms with Crippen LogP contribution in [0.15, 0.2) is 53.5 Å². The molecule has 0 N–H and O–H groups in total. The maximum Gasteiger partial charge on any atom is 0.410 e. The number of benzene rings is 2. The molecular formula is C32H38FN3O7. The average molecular weight is 596 g/mol. The number of fused-ring (bicyclic) bond motifs is 1. The number of carbonyl (C=O) groups excluding carboxylic acids is 2. The zero-order valence-corrected chi connectivity index (χ0v) is 24.8. The minimum absolute atomic E-state index is 0.0385. The lowest BCUT2D eigenvalue weighted by molar-refractivity contribution is -0.0536. The Labute approximate surface area is 249 Å². The molecule has 2 atom stereocenters. The predicted octanol–water partition coefficient (Wildman–Crippen LogP) is 4.88. The summed E-state index contributed by atoms with van der Waals surface area (Å²) in [6.45, 7) is 7.77. The van der Waals surface area contributed by atoms with Gasteiger partial charge in [0.25, 0.3) is 0 Å². The number of carbonyl (C=O) groups is 2. The molecule has 0 radical (unpaired) electrons. The molecule has 43 heavy (non-hydrogen) atoms. The smallest absolute Gasteiger partial charge is 0.410 e. The highest BCUT2D eigenvalue weighted by Gasteiger charge is 2.30. The van der Waals surface area contributed by atoms with E-state index in [0.29, 0.717) is 44.0 Å². The maximum absolute atomic E-state index is 15.5. The fourth-order valence-corrected chi connectivity index (χ4v) is 5.27. The third-order valence-corrected chi connectivity index (χ3v) is 7.65. The van der Waals surface area contributed by atoms with Gasteiger partial charge in [-0.2, -0.15) is 0 Å². The number of pyridine rings is 1. The Kier molecular flexibility index (Phi) is 9.62. The van der Waals surface area contributed by atoms with Gasteiger partial charge in [-0.05, 0) is 37.5 Å². The summed E-state index contributed by atoms with van der Waals surface area (Å²) in [5.74, 6) is -1.33. The lowest BCUT2D eigenvalue weighted by Gasteiger charge is -2.35. The monoisotopic (exact) mass is 595 g/mol. The predicted molar refractivity (Wildman–Crippen MR) is 159 cm³/mol. The van der Waals surface area contributed by atoms with Crippen LogP contribution in [0.1, 0.15) is 55.6 Å². The lowest BCUT2D eigenvalue weighted by Crippen LogP contribution is -2.49. The molecule has 1 saturated carbocycles. The van der Waals surface area contributed by atoms with Crippen molar-refractivity contribution in [1.29, 1.82) is 0 Å². The van der Waals surface area contributed by atoms with Crippen LogP contribution in [0.5, 0.6) is 0 Å². The van der Waals surface area contributed by atoms with Crippen molar-refractivity contribution in [3.05, 3.63) is 75.8 Å². The van der Waals surface area contributed by atoms with Crippen molar-refractivity contribution in [2.24, 2.45) is 0 Å². The van der Waals surface area contributed by atoms with E-state index >= 15 is 4.39 Å². The number of hydrogen-bond acceptors (Lipinski definition) is 8. The summed E-state index contributed by atoms with van der Waals surface area (Å²) in [6, 6.07) is 12.5. The molecule has 0 bridgehead atoms. The Morgan fingerprint density at radius 3 is 2.40 bits per heavy atom. The standard InChI is InChI=1S/C30H32FN3O7.C2H6/c1-19-38-17-22(41-19)18-39-29(36)24-15-34(21-7-8-21)26-14-27(25(31)13-23(26)28(24)35)32-9-11-33(12-10-32)30(37)40-16-20-5-3-2-4-6-20;1-2/h2-6,13-15,19,21-22H,7-12,16-18H2,1H3;1-2H3. The van der Waals surface area contributed by atoms with Crippen molar-refractivity contribution in [3.63, 3.8) is 0 Å². The highest BCUT2D eigenvalue weighted by molar-refractivity contribution is 5.94. The van der Waals surface area contributed by atoms with Crippen LogP contribution in [0.25, 0.3) is 10.9 Å². The first-order chi connectivity index (χ1) is 20.9. The summed E-state index contributed by atoms with van der Waals surface area (Å²) in [5, 5.41) is 0.129. The average Bonchev–Trinajstić information content (AvgIpc) is 3.80. The Morgan fingerprint density at radius 2 is 1.74 bits per heavy atom. The highest BCUT2D eigenvalue weighted by atomic mass is 19.1. The molecule has 3 fully saturated rings. The summed E-state index contributed by atoms with van der Waals surface area (Å²) in [4.78, 5) is 42.2. The van der Waals surface area contributed by atoms with Crippen LogP contribution in [0.3, 0.4) is 0 Å². The van der Waals surface area contributed by atoms with Crippen LogP contribution in [0.2, 0.25) is 0 Å². The summed E-state index contributed by atoms with van der Waals surface area (Å²) < 4.78 is 39.0. The molecule has 6 rings (SSSR count). The van der Waals surface area contributed by atoms with Crippen LogP contribution >= 0.6 is 0 Å². The van der Waals surface area contributed by atoms with Gasteiger partial charge in [0.1, 0.15) is 30.7 Å². The number of rotatable bonds is 7. The Bertz CT molecular complexity index is 1500. The Hall–Kier alpha value is -3.96. The van der Waals surface area contributed by atoms with Crippen LogP contribution < -0.4 is 10.3 Å². The molecular weight excluding hydrogens is 557 g/mol. The molecule has 0 spiro atoms. The van der Waals surface area contributed by atoms with Crippen LogP contribution in [0.4, 0.5) is 14.9 Å². The Morgan fingerprint density at radius 1 is 1.02 bits per heavy atom. The first-order valence-corrected chi connectivity index (χ1v) is 14.9. The van der Waals surface area contributed by atoms with Gasteiger partial charge in [-0.15, -0.1) is 0 Å². The van der Waals surface area contributed by atoms with E-state index in [2.05, 4.69) is 0 Å². The summed E-state index contributed by atoms with van der Waals surface area (Å²) in [5.41, 5.74) is 1.12. The van der Waals surface area contributed by atoms with E-state index in [1.165, 1.54) is 12.3 Å². The van der Waals surface area contributed by atoms with Crippen molar-refractivity contribution in [2.75, 3.05) is 44.3 Å². The number of nitrogens with zero attached hydrogens (tertiary/aromatic N) is 3. The first-order valence-electron chi connectivity index (χ1n) is 14.9. The largest absolute Gasteiger partial charge is 0.459 e. The van der Waals surface area contributed by atoms with Gasteiger partial charge < -0.3 is 33.3 Å². The molecule has 1 aliphatic carbocycles. The van der Waals surface area contributed by atoms with Gasteiger partial charge in [0.2, 0.25) is 5.43 Å². The van der Waals surface area contributed by atoms with Gasteiger partial charge in [0.05, 0.1) is 17.8 Å². The number of amides is 1. The quantitative estimate of drug-likeness (QED) is 0.357. The van der Waals surface area contributed by atoms with E-state index in [0.717, 1.165) is 18.4 Å². The molecule has 2 aliphatic heterocycles. The second-order valence-electron chi connectivity index (χ2n) is 10.6. The molecule has 3 heterocycles. The van der Waals surface area contributed by atoms with Crippen molar-refractivity contribution >= 4 is 28.7 Å². The second-order valence-corrected chi connectivity index (χ2v) is 10.6. The summed E-state index contributed by atoms with van der Waals surface area (Å²) in [7, 11) is 0. The first kappa shape index (κ1) is 30.5. The molecule has 3 aromatic rings. The molecule has 2 aromatic carbocycles. The molecule has 1 amide bonds. The fourth-order valence-electron chi connectivity index (χ4n) is 5.27. The second kappa shape index (κ2) is 13.6. The molecule has 2 saturated heterocycles. The van der Waals surface area contributed by atoms with Crippen molar-refractivity contribution in [1.82, 2.24) is 9.47 Å². The lowest BCUT2D eigenvalue weighted by atomic mass is 10.1. The van der Waals surface area contributed by atoms with Crippen LogP contribution in [-0.4, -0.2) is 73.3 Å². The molecule has 3 aliphatic rings. The zero-order chi connectivity index (χ0) is 30.5.